The second-order valence-electron chi connectivity index (χ2n) is 3.81. The van der Waals surface area contributed by atoms with Gasteiger partial charge in [0.2, 0.25) is 5.91 Å². The van der Waals surface area contributed by atoms with Crippen LogP contribution >= 0.6 is 0 Å². The molecule has 19 heavy (non-hydrogen) atoms. The molecular formula is C10H15N5O4. The van der Waals surface area contributed by atoms with Crippen LogP contribution in [0.5, 0.6) is 0 Å². The predicted octanol–water partition coefficient (Wildman–Crippen LogP) is -1.43. The lowest BCUT2D eigenvalue weighted by Crippen LogP contribution is -2.38. The smallest absolute Gasteiger partial charge is 0.325 e. The second-order valence-corrected chi connectivity index (χ2v) is 3.81. The molecular weight excluding hydrogens is 254 g/mol. The molecule has 0 fully saturated rings. The Morgan fingerprint density at radius 3 is 2.74 bits per heavy atom. The Morgan fingerprint density at radius 1 is 1.47 bits per heavy atom. The summed E-state index contributed by atoms with van der Waals surface area (Å²) in [5, 5.41) is 18.2. The number of amides is 2. The number of hydrogen-bond acceptors (Lipinski definition) is 5. The lowest BCUT2D eigenvalue weighted by Gasteiger charge is -2.14. The Bertz CT molecular complexity index is 484. The van der Waals surface area contributed by atoms with Crippen LogP contribution in [0.4, 0.5) is 0 Å². The summed E-state index contributed by atoms with van der Waals surface area (Å²) in [7, 11) is 1.45. The highest BCUT2D eigenvalue weighted by Gasteiger charge is 2.18. The van der Waals surface area contributed by atoms with Gasteiger partial charge in [-0.3, -0.25) is 14.4 Å². The molecule has 0 saturated carbocycles. The molecule has 0 saturated heterocycles. The molecule has 1 aromatic heterocycles. The molecule has 9 nitrogen and oxygen atoms in total. The fourth-order valence-corrected chi connectivity index (χ4v) is 1.35. The number of carbonyl (C=O) groups excluding carboxylic acids is 2. The SMILES string of the molecule is CCNC(=O)CN(C)C(=O)c1cn(CC(=O)O)nn1. The van der Waals surface area contributed by atoms with E-state index < -0.39 is 11.9 Å². The van der Waals surface area contributed by atoms with Crippen LogP contribution in [0, 0.1) is 0 Å². The van der Waals surface area contributed by atoms with Gasteiger partial charge in [-0.25, -0.2) is 4.68 Å². The Morgan fingerprint density at radius 2 is 2.16 bits per heavy atom. The number of carbonyl (C=O) groups is 3. The van der Waals surface area contributed by atoms with E-state index >= 15 is 0 Å². The first kappa shape index (κ1) is 14.6. The van der Waals surface area contributed by atoms with Crippen molar-refractivity contribution in [3.8, 4) is 0 Å². The van der Waals surface area contributed by atoms with Crippen molar-refractivity contribution in [3.05, 3.63) is 11.9 Å². The maximum atomic E-state index is 11.9. The number of carboxylic acids is 1. The van der Waals surface area contributed by atoms with E-state index in [0.717, 1.165) is 4.68 Å². The minimum atomic E-state index is -1.08. The van der Waals surface area contributed by atoms with Crippen molar-refractivity contribution in [1.29, 1.82) is 0 Å². The van der Waals surface area contributed by atoms with Crippen molar-refractivity contribution in [2.45, 2.75) is 13.5 Å². The summed E-state index contributed by atoms with van der Waals surface area (Å²) in [6.45, 7) is 1.78. The number of carboxylic acid groups (broad SMARTS) is 1. The van der Waals surface area contributed by atoms with Gasteiger partial charge in [-0.2, -0.15) is 0 Å². The van der Waals surface area contributed by atoms with Crippen LogP contribution in [0.15, 0.2) is 6.20 Å². The summed E-state index contributed by atoms with van der Waals surface area (Å²) < 4.78 is 1.04. The lowest BCUT2D eigenvalue weighted by atomic mass is 10.4. The van der Waals surface area contributed by atoms with Gasteiger partial charge >= 0.3 is 5.97 Å². The number of aromatic nitrogens is 3. The molecule has 0 atom stereocenters. The standard InChI is InChI=1S/C10H15N5O4/c1-3-11-8(16)5-14(2)10(19)7-4-15(13-12-7)6-9(17)18/h4H,3,5-6H2,1-2H3,(H,11,16)(H,17,18). The van der Waals surface area contributed by atoms with Crippen LogP contribution in [0.25, 0.3) is 0 Å². The first-order valence-corrected chi connectivity index (χ1v) is 5.58. The van der Waals surface area contributed by atoms with Crippen LogP contribution in [-0.4, -0.2) is 62.9 Å². The Hall–Kier alpha value is -2.45. The average molecular weight is 269 g/mol. The monoisotopic (exact) mass is 269 g/mol. The zero-order valence-electron chi connectivity index (χ0n) is 10.7. The first-order chi connectivity index (χ1) is 8.93. The summed E-state index contributed by atoms with van der Waals surface area (Å²) in [4.78, 5) is 34.8. The quantitative estimate of drug-likeness (QED) is 0.654. The van der Waals surface area contributed by atoms with Gasteiger partial charge in [-0.1, -0.05) is 5.21 Å². The molecule has 0 radical (unpaired) electrons. The lowest BCUT2D eigenvalue weighted by molar-refractivity contribution is -0.137. The summed E-state index contributed by atoms with van der Waals surface area (Å²) >= 11 is 0. The minimum Gasteiger partial charge on any atom is -0.480 e. The largest absolute Gasteiger partial charge is 0.480 e. The maximum absolute atomic E-state index is 11.9. The van der Waals surface area contributed by atoms with Crippen LogP contribution in [-0.2, 0) is 16.1 Å². The van der Waals surface area contributed by atoms with Crippen LogP contribution in [0.2, 0.25) is 0 Å². The van der Waals surface area contributed by atoms with E-state index in [1.165, 1.54) is 18.1 Å². The molecule has 1 aromatic rings. The molecule has 0 aliphatic heterocycles. The maximum Gasteiger partial charge on any atom is 0.325 e. The average Bonchev–Trinajstić information content (AvgIpc) is 2.75. The molecule has 0 unspecified atom stereocenters. The molecule has 1 rings (SSSR count). The number of likely N-dealkylation sites (N-methyl/N-ethyl adjacent to an activating group) is 2. The van der Waals surface area contributed by atoms with Crippen molar-refractivity contribution in [2.24, 2.45) is 0 Å². The van der Waals surface area contributed by atoms with Gasteiger partial charge in [-0.15, -0.1) is 5.10 Å². The van der Waals surface area contributed by atoms with E-state index in [0.29, 0.717) is 6.54 Å². The molecule has 2 amide bonds. The number of nitrogens with one attached hydrogen (secondary N) is 1. The van der Waals surface area contributed by atoms with E-state index in [2.05, 4.69) is 15.6 Å². The molecule has 0 aromatic carbocycles. The summed E-state index contributed by atoms with van der Waals surface area (Å²) in [6.07, 6.45) is 1.23. The fraction of sp³-hybridized carbons (Fsp3) is 0.500. The molecule has 104 valence electrons. The fourth-order valence-electron chi connectivity index (χ4n) is 1.35. The highest BCUT2D eigenvalue weighted by atomic mass is 16.4. The molecule has 0 spiro atoms. The van der Waals surface area contributed by atoms with E-state index in [1.807, 2.05) is 0 Å². The highest BCUT2D eigenvalue weighted by molar-refractivity contribution is 5.94. The van der Waals surface area contributed by atoms with Crippen molar-refractivity contribution in [2.75, 3.05) is 20.1 Å². The summed E-state index contributed by atoms with van der Waals surface area (Å²) in [5.41, 5.74) is -0.00644. The zero-order chi connectivity index (χ0) is 14.4. The highest BCUT2D eigenvalue weighted by Crippen LogP contribution is 1.99. The van der Waals surface area contributed by atoms with Crippen molar-refractivity contribution in [3.63, 3.8) is 0 Å². The number of hydrogen-bond donors (Lipinski definition) is 2. The van der Waals surface area contributed by atoms with E-state index in [4.69, 9.17) is 5.11 Å². The van der Waals surface area contributed by atoms with E-state index in [1.54, 1.807) is 6.92 Å². The van der Waals surface area contributed by atoms with Gasteiger partial charge in [0, 0.05) is 13.6 Å². The van der Waals surface area contributed by atoms with Gasteiger partial charge in [0.1, 0.15) is 6.54 Å². The van der Waals surface area contributed by atoms with Gasteiger partial charge < -0.3 is 15.3 Å². The number of nitrogens with zero attached hydrogens (tertiary/aromatic N) is 4. The second kappa shape index (κ2) is 6.47. The van der Waals surface area contributed by atoms with Gasteiger partial charge in [0.25, 0.3) is 5.91 Å². The third kappa shape index (κ3) is 4.37. The van der Waals surface area contributed by atoms with Crippen molar-refractivity contribution in [1.82, 2.24) is 25.2 Å². The number of rotatable bonds is 6. The summed E-state index contributed by atoms with van der Waals surface area (Å²) in [6, 6.07) is 0. The third-order valence-electron chi connectivity index (χ3n) is 2.16. The van der Waals surface area contributed by atoms with Gasteiger partial charge in [0.15, 0.2) is 5.69 Å². The molecule has 0 bridgehead atoms. The van der Waals surface area contributed by atoms with Crippen LogP contribution < -0.4 is 5.32 Å². The molecule has 0 aliphatic rings. The normalized spacial score (nSPS) is 10.0. The molecule has 1 heterocycles. The molecule has 9 heteroatoms. The number of aliphatic carboxylic acids is 1. The first-order valence-electron chi connectivity index (χ1n) is 5.58. The Labute approximate surface area is 109 Å². The Kier molecular flexibility index (Phi) is 4.98. The molecule has 2 N–H and O–H groups in total. The van der Waals surface area contributed by atoms with E-state index in [-0.39, 0.29) is 24.7 Å². The third-order valence-corrected chi connectivity index (χ3v) is 2.16. The van der Waals surface area contributed by atoms with Gasteiger partial charge in [0.05, 0.1) is 12.7 Å². The van der Waals surface area contributed by atoms with Crippen LogP contribution in [0.1, 0.15) is 17.4 Å². The molecule has 0 aliphatic carbocycles. The minimum absolute atomic E-state index is 0.00644. The summed E-state index contributed by atoms with van der Waals surface area (Å²) in [5.74, 6) is -1.86. The Balaban J connectivity index is 2.63. The van der Waals surface area contributed by atoms with E-state index in [9.17, 15) is 14.4 Å². The zero-order valence-corrected chi connectivity index (χ0v) is 10.7. The van der Waals surface area contributed by atoms with Gasteiger partial charge in [-0.05, 0) is 6.92 Å². The predicted molar refractivity (Wildman–Crippen MR) is 63.3 cm³/mol. The van der Waals surface area contributed by atoms with Crippen molar-refractivity contribution < 1.29 is 19.5 Å². The van der Waals surface area contributed by atoms with Crippen LogP contribution in [0.3, 0.4) is 0 Å². The topological polar surface area (TPSA) is 117 Å². The van der Waals surface area contributed by atoms with Crippen molar-refractivity contribution >= 4 is 17.8 Å².